The lowest BCUT2D eigenvalue weighted by atomic mass is 10.0. The number of benzene rings is 1. The van der Waals surface area contributed by atoms with Gasteiger partial charge in [-0.3, -0.25) is 4.79 Å². The molecule has 0 bridgehead atoms. The van der Waals surface area contributed by atoms with Gasteiger partial charge in [-0.15, -0.1) is 0 Å². The number of anilines is 1. The Labute approximate surface area is 132 Å². The molecule has 0 unspecified atom stereocenters. The van der Waals surface area contributed by atoms with Gasteiger partial charge < -0.3 is 11.1 Å². The minimum absolute atomic E-state index is 0.232. The summed E-state index contributed by atoms with van der Waals surface area (Å²) in [7, 11) is 0. The topological polar surface area (TPSA) is 80.9 Å². The number of halogens is 1. The smallest absolute Gasteiger partial charge is 0.246 e. The molecule has 5 nitrogen and oxygen atoms in total. The van der Waals surface area contributed by atoms with Crippen LogP contribution in [-0.2, 0) is 11.3 Å². The Bertz CT molecular complexity index is 892. The molecular weight excluding hydrogens is 295 g/mol. The molecule has 1 amide bonds. The molecule has 0 spiro atoms. The van der Waals surface area contributed by atoms with Crippen LogP contribution >= 0.6 is 0 Å². The van der Waals surface area contributed by atoms with Crippen molar-refractivity contribution >= 4 is 23.4 Å². The number of nitrogens with zero attached hydrogens (tertiary/aromatic N) is 2. The van der Waals surface area contributed by atoms with E-state index >= 15 is 0 Å². The number of nitrogens with two attached hydrogens (primary N) is 1. The van der Waals surface area contributed by atoms with Crippen LogP contribution in [0.4, 0.5) is 10.2 Å². The second-order valence-electron chi connectivity index (χ2n) is 5.51. The van der Waals surface area contributed by atoms with Crippen LogP contribution in [0.5, 0.6) is 0 Å². The van der Waals surface area contributed by atoms with Crippen LogP contribution in [-0.4, -0.2) is 15.9 Å². The van der Waals surface area contributed by atoms with Crippen molar-refractivity contribution in [1.29, 1.82) is 0 Å². The number of rotatable bonds is 4. The summed E-state index contributed by atoms with van der Waals surface area (Å²) in [5, 5.41) is 4.54. The number of amides is 1. The van der Waals surface area contributed by atoms with E-state index in [9.17, 15) is 9.18 Å². The van der Waals surface area contributed by atoms with Crippen molar-refractivity contribution in [3.63, 3.8) is 0 Å². The van der Waals surface area contributed by atoms with Crippen molar-refractivity contribution in [3.8, 4) is 0 Å². The molecule has 6 heteroatoms. The molecule has 118 valence electrons. The van der Waals surface area contributed by atoms with E-state index in [4.69, 9.17) is 5.73 Å². The molecular formula is C17H17FN4O. The summed E-state index contributed by atoms with van der Waals surface area (Å²) < 4.78 is 13.6. The molecule has 1 heterocycles. The predicted octanol–water partition coefficient (Wildman–Crippen LogP) is 0.747. The number of fused-ring (bicyclic) bond motifs is 1. The first-order chi connectivity index (χ1) is 11.1. The van der Waals surface area contributed by atoms with E-state index in [1.807, 2.05) is 12.1 Å². The van der Waals surface area contributed by atoms with Gasteiger partial charge in [-0.1, -0.05) is 18.2 Å². The van der Waals surface area contributed by atoms with Gasteiger partial charge in [0.05, 0.1) is 5.35 Å². The molecule has 0 fully saturated rings. The van der Waals surface area contributed by atoms with Gasteiger partial charge in [0.25, 0.3) is 0 Å². The number of hydrogen-bond donors (Lipinski definition) is 2. The molecule has 0 atom stereocenters. The average molecular weight is 312 g/mol. The molecule has 0 radical (unpaired) electrons. The van der Waals surface area contributed by atoms with Crippen LogP contribution in [0.15, 0.2) is 24.5 Å². The molecule has 1 aliphatic carbocycles. The van der Waals surface area contributed by atoms with Crippen LogP contribution < -0.4 is 21.6 Å². The van der Waals surface area contributed by atoms with E-state index in [2.05, 4.69) is 15.3 Å². The van der Waals surface area contributed by atoms with Gasteiger partial charge in [0, 0.05) is 17.3 Å². The Hall–Kier alpha value is -2.76. The molecule has 3 N–H and O–H groups in total. The van der Waals surface area contributed by atoms with Crippen LogP contribution in [0.1, 0.15) is 24.0 Å². The highest BCUT2D eigenvalue weighted by atomic mass is 19.1. The minimum Gasteiger partial charge on any atom is -0.366 e. The summed E-state index contributed by atoms with van der Waals surface area (Å²) in [6.07, 6.45) is 4.69. The van der Waals surface area contributed by atoms with Crippen molar-refractivity contribution in [2.45, 2.75) is 26.3 Å². The second-order valence-corrected chi connectivity index (χ2v) is 5.51. The Kier molecular flexibility index (Phi) is 4.06. The maximum absolute atomic E-state index is 13.6. The quantitative estimate of drug-likeness (QED) is 0.873. The molecule has 2 aromatic rings. The lowest BCUT2D eigenvalue weighted by molar-refractivity contribution is -0.113. The molecule has 1 aliphatic rings. The predicted molar refractivity (Wildman–Crippen MR) is 86.0 cm³/mol. The van der Waals surface area contributed by atoms with Gasteiger partial charge in [-0.25, -0.2) is 14.4 Å². The van der Waals surface area contributed by atoms with E-state index in [1.165, 1.54) is 12.4 Å². The zero-order valence-electron chi connectivity index (χ0n) is 12.8. The molecule has 0 aliphatic heterocycles. The fourth-order valence-electron chi connectivity index (χ4n) is 2.62. The maximum Gasteiger partial charge on any atom is 0.246 e. The maximum atomic E-state index is 13.6. The number of carbonyl (C=O) groups excluding carboxylic acids is 1. The van der Waals surface area contributed by atoms with Crippen molar-refractivity contribution in [1.82, 2.24) is 9.97 Å². The van der Waals surface area contributed by atoms with Crippen molar-refractivity contribution in [2.75, 3.05) is 5.32 Å². The zero-order chi connectivity index (χ0) is 16.4. The van der Waals surface area contributed by atoms with Gasteiger partial charge in [0.1, 0.15) is 18.0 Å². The lowest BCUT2D eigenvalue weighted by Gasteiger charge is -2.11. The monoisotopic (exact) mass is 312 g/mol. The van der Waals surface area contributed by atoms with Crippen LogP contribution in [0.25, 0.3) is 11.6 Å². The van der Waals surface area contributed by atoms with Gasteiger partial charge >= 0.3 is 0 Å². The van der Waals surface area contributed by atoms with E-state index < -0.39 is 5.91 Å². The highest BCUT2D eigenvalue weighted by molar-refractivity contribution is 6.12. The van der Waals surface area contributed by atoms with Gasteiger partial charge in [-0.05, 0) is 37.0 Å². The summed E-state index contributed by atoms with van der Waals surface area (Å²) in [5.74, 6) is -0.0658. The molecule has 0 saturated heterocycles. The summed E-state index contributed by atoms with van der Waals surface area (Å²) in [5.41, 5.74) is 7.37. The summed E-state index contributed by atoms with van der Waals surface area (Å²) in [4.78, 5) is 19.9. The molecule has 1 aromatic heterocycles. The number of hydrogen-bond acceptors (Lipinski definition) is 4. The number of aryl methyl sites for hydroxylation is 1. The SMILES string of the molecule is Cc1ccc(CNc2ncnc3c2=CCCC=3C(N)=O)cc1F. The molecule has 1 aromatic carbocycles. The van der Waals surface area contributed by atoms with Crippen LogP contribution in [0.2, 0.25) is 0 Å². The Balaban J connectivity index is 1.93. The summed E-state index contributed by atoms with van der Waals surface area (Å²) in [6.45, 7) is 2.16. The molecule has 0 saturated carbocycles. The van der Waals surface area contributed by atoms with Gasteiger partial charge in [0.15, 0.2) is 0 Å². The standard InChI is InChI=1S/C17H17FN4O/c1-10-5-6-11(7-14(10)18)8-20-17-13-4-2-3-12(16(19)23)15(13)21-9-22-17/h4-7,9H,2-3,8H2,1H3,(H2,19,23)(H,20,21,22). The first kappa shape index (κ1) is 15.1. The van der Waals surface area contributed by atoms with Gasteiger partial charge in [-0.2, -0.15) is 0 Å². The normalized spacial score (nSPS) is 13.2. The van der Waals surface area contributed by atoms with E-state index in [0.29, 0.717) is 41.7 Å². The second kappa shape index (κ2) is 6.16. The third-order valence-electron chi connectivity index (χ3n) is 3.91. The highest BCUT2D eigenvalue weighted by Crippen LogP contribution is 2.11. The van der Waals surface area contributed by atoms with E-state index in [0.717, 1.165) is 10.8 Å². The van der Waals surface area contributed by atoms with E-state index in [1.54, 1.807) is 13.0 Å². The number of primary amides is 1. The fraction of sp³-hybridized carbons (Fsp3) is 0.235. The Morgan fingerprint density at radius 2 is 2.22 bits per heavy atom. The van der Waals surface area contributed by atoms with Gasteiger partial charge in [0.2, 0.25) is 5.91 Å². The van der Waals surface area contributed by atoms with E-state index in [-0.39, 0.29) is 5.82 Å². The first-order valence-corrected chi connectivity index (χ1v) is 7.39. The summed E-state index contributed by atoms with van der Waals surface area (Å²) in [6, 6.07) is 5.11. The molecule has 23 heavy (non-hydrogen) atoms. The number of carbonyl (C=O) groups is 1. The zero-order valence-corrected chi connectivity index (χ0v) is 12.8. The molecule has 3 rings (SSSR count). The van der Waals surface area contributed by atoms with Crippen LogP contribution in [0, 0.1) is 12.7 Å². The number of aromatic nitrogens is 2. The Morgan fingerprint density at radius 1 is 1.39 bits per heavy atom. The number of nitrogens with one attached hydrogen (secondary N) is 1. The average Bonchev–Trinajstić information content (AvgIpc) is 2.55. The van der Waals surface area contributed by atoms with Crippen LogP contribution in [0.3, 0.4) is 0 Å². The third kappa shape index (κ3) is 3.06. The van der Waals surface area contributed by atoms with Crippen molar-refractivity contribution < 1.29 is 9.18 Å². The van der Waals surface area contributed by atoms with Crippen molar-refractivity contribution in [3.05, 3.63) is 52.0 Å². The van der Waals surface area contributed by atoms with Crippen molar-refractivity contribution in [2.24, 2.45) is 5.73 Å². The lowest BCUT2D eigenvalue weighted by Crippen LogP contribution is -2.39. The highest BCUT2D eigenvalue weighted by Gasteiger charge is 2.13. The third-order valence-corrected chi connectivity index (χ3v) is 3.91. The fourth-order valence-corrected chi connectivity index (χ4v) is 2.62. The minimum atomic E-state index is -0.454. The largest absolute Gasteiger partial charge is 0.366 e. The Morgan fingerprint density at radius 3 is 2.96 bits per heavy atom. The summed E-state index contributed by atoms with van der Waals surface area (Å²) >= 11 is 0. The first-order valence-electron chi connectivity index (χ1n) is 7.39.